The van der Waals surface area contributed by atoms with E-state index in [0.717, 1.165) is 37.9 Å². The van der Waals surface area contributed by atoms with Gasteiger partial charge in [0.25, 0.3) is 0 Å². The number of carboxylic acids is 1. The lowest BCUT2D eigenvalue weighted by Gasteiger charge is -2.36. The van der Waals surface area contributed by atoms with E-state index in [1.165, 1.54) is 0 Å². The fraction of sp³-hybridized carbons (Fsp3) is 0.588. The smallest absolute Gasteiger partial charge is 0.329 e. The summed E-state index contributed by atoms with van der Waals surface area (Å²) in [5, 5.41) is 13.4. The SMILES string of the molecule is CCCN(CC)CC(NC1CC1)(C(=O)O)c1ccccc1. The fourth-order valence-corrected chi connectivity index (χ4v) is 2.77. The van der Waals surface area contributed by atoms with E-state index in [2.05, 4.69) is 24.1 Å². The third-order valence-electron chi connectivity index (χ3n) is 4.11. The van der Waals surface area contributed by atoms with Crippen LogP contribution in [0, 0.1) is 0 Å². The van der Waals surface area contributed by atoms with Gasteiger partial charge in [0.15, 0.2) is 5.54 Å². The molecule has 0 aliphatic heterocycles. The zero-order chi connectivity index (χ0) is 15.3. The van der Waals surface area contributed by atoms with E-state index in [-0.39, 0.29) is 0 Å². The Balaban J connectivity index is 2.32. The van der Waals surface area contributed by atoms with Crippen LogP contribution in [0.2, 0.25) is 0 Å². The van der Waals surface area contributed by atoms with E-state index in [0.29, 0.717) is 12.6 Å². The van der Waals surface area contributed by atoms with Crippen LogP contribution < -0.4 is 5.32 Å². The molecule has 0 saturated heterocycles. The largest absolute Gasteiger partial charge is 0.480 e. The number of likely N-dealkylation sites (N-methyl/N-ethyl adjacent to an activating group) is 1. The molecule has 0 radical (unpaired) electrons. The Morgan fingerprint density at radius 3 is 2.48 bits per heavy atom. The van der Waals surface area contributed by atoms with Crippen LogP contribution in [-0.4, -0.2) is 41.7 Å². The molecular weight excluding hydrogens is 264 g/mol. The number of hydrogen-bond acceptors (Lipinski definition) is 3. The number of benzene rings is 1. The summed E-state index contributed by atoms with van der Waals surface area (Å²) in [5.74, 6) is -0.782. The maximum absolute atomic E-state index is 12.2. The lowest BCUT2D eigenvalue weighted by atomic mass is 9.88. The maximum Gasteiger partial charge on any atom is 0.329 e. The first-order valence-corrected chi connectivity index (χ1v) is 7.91. The van der Waals surface area contributed by atoms with Gasteiger partial charge in [-0.25, -0.2) is 4.79 Å². The Labute approximate surface area is 127 Å². The predicted molar refractivity (Wildman–Crippen MR) is 84.3 cm³/mol. The van der Waals surface area contributed by atoms with Crippen LogP contribution >= 0.6 is 0 Å². The molecule has 1 aromatic carbocycles. The van der Waals surface area contributed by atoms with Crippen LogP contribution in [-0.2, 0) is 10.3 Å². The molecule has 1 unspecified atom stereocenters. The third kappa shape index (κ3) is 3.83. The molecule has 0 heterocycles. The molecule has 1 atom stereocenters. The highest BCUT2D eigenvalue weighted by Gasteiger charge is 2.45. The van der Waals surface area contributed by atoms with Crippen molar-refractivity contribution >= 4 is 5.97 Å². The Hall–Kier alpha value is -1.39. The van der Waals surface area contributed by atoms with Gasteiger partial charge in [0.05, 0.1) is 0 Å². The Bertz CT molecular complexity index is 459. The molecule has 1 aliphatic rings. The van der Waals surface area contributed by atoms with Crippen molar-refractivity contribution in [3.05, 3.63) is 35.9 Å². The van der Waals surface area contributed by atoms with Gasteiger partial charge in [0, 0.05) is 12.6 Å². The summed E-state index contributed by atoms with van der Waals surface area (Å²) in [7, 11) is 0. The van der Waals surface area contributed by atoms with Crippen LogP contribution in [0.4, 0.5) is 0 Å². The molecule has 0 amide bonds. The van der Waals surface area contributed by atoms with Crippen molar-refractivity contribution in [2.24, 2.45) is 0 Å². The summed E-state index contributed by atoms with van der Waals surface area (Å²) in [6.07, 6.45) is 3.17. The van der Waals surface area contributed by atoms with E-state index in [9.17, 15) is 9.90 Å². The van der Waals surface area contributed by atoms with Crippen LogP contribution in [0.3, 0.4) is 0 Å². The average molecular weight is 290 g/mol. The number of nitrogens with zero attached hydrogens (tertiary/aromatic N) is 1. The molecule has 0 bridgehead atoms. The van der Waals surface area contributed by atoms with Gasteiger partial charge in [-0.05, 0) is 37.9 Å². The number of rotatable bonds is 9. The second kappa shape index (κ2) is 7.05. The van der Waals surface area contributed by atoms with Crippen molar-refractivity contribution < 1.29 is 9.90 Å². The third-order valence-corrected chi connectivity index (χ3v) is 4.11. The number of hydrogen-bond donors (Lipinski definition) is 2. The standard InChI is InChI=1S/C17H26N2O2/c1-3-12-19(4-2)13-17(16(20)21,18-15-10-11-15)14-8-6-5-7-9-14/h5-9,15,18H,3-4,10-13H2,1-2H3,(H,20,21). The predicted octanol–water partition coefficient (Wildman–Crippen LogP) is 2.45. The highest BCUT2D eigenvalue weighted by Crippen LogP contribution is 2.30. The van der Waals surface area contributed by atoms with Crippen molar-refractivity contribution in [3.8, 4) is 0 Å². The topological polar surface area (TPSA) is 52.6 Å². The fourth-order valence-electron chi connectivity index (χ4n) is 2.77. The van der Waals surface area contributed by atoms with Crippen LogP contribution in [0.5, 0.6) is 0 Å². The molecule has 1 saturated carbocycles. The van der Waals surface area contributed by atoms with Gasteiger partial charge < -0.3 is 10.0 Å². The Morgan fingerprint density at radius 2 is 2.00 bits per heavy atom. The van der Waals surface area contributed by atoms with Gasteiger partial charge in [-0.2, -0.15) is 0 Å². The van der Waals surface area contributed by atoms with Crippen molar-refractivity contribution in [2.75, 3.05) is 19.6 Å². The second-order valence-electron chi connectivity index (χ2n) is 5.86. The van der Waals surface area contributed by atoms with Gasteiger partial charge in [-0.1, -0.05) is 44.2 Å². The summed E-state index contributed by atoms with van der Waals surface area (Å²) in [6.45, 7) is 6.51. The number of carbonyl (C=O) groups is 1. The number of nitrogens with one attached hydrogen (secondary N) is 1. The van der Waals surface area contributed by atoms with Crippen LogP contribution in [0.15, 0.2) is 30.3 Å². The molecule has 116 valence electrons. The molecule has 1 aromatic rings. The zero-order valence-corrected chi connectivity index (χ0v) is 13.0. The summed E-state index contributed by atoms with van der Waals surface area (Å²) >= 11 is 0. The lowest BCUT2D eigenvalue weighted by molar-refractivity contribution is -0.146. The minimum Gasteiger partial charge on any atom is -0.480 e. The molecule has 1 aliphatic carbocycles. The van der Waals surface area contributed by atoms with Gasteiger partial charge in [-0.15, -0.1) is 0 Å². The summed E-state index contributed by atoms with van der Waals surface area (Å²) in [6, 6.07) is 9.93. The monoisotopic (exact) mass is 290 g/mol. The van der Waals surface area contributed by atoms with Crippen molar-refractivity contribution in [2.45, 2.75) is 44.7 Å². The first-order chi connectivity index (χ1) is 10.1. The van der Waals surface area contributed by atoms with Gasteiger partial charge >= 0.3 is 5.97 Å². The first kappa shape index (κ1) is 16.0. The van der Waals surface area contributed by atoms with Crippen LogP contribution in [0.1, 0.15) is 38.7 Å². The molecule has 4 nitrogen and oxygen atoms in total. The minimum absolute atomic E-state index is 0.335. The van der Waals surface area contributed by atoms with E-state index in [1.807, 2.05) is 30.3 Å². The van der Waals surface area contributed by atoms with Crippen LogP contribution in [0.25, 0.3) is 0 Å². The van der Waals surface area contributed by atoms with E-state index < -0.39 is 11.5 Å². The quantitative estimate of drug-likeness (QED) is 0.733. The second-order valence-corrected chi connectivity index (χ2v) is 5.86. The molecule has 2 rings (SSSR count). The highest BCUT2D eigenvalue weighted by atomic mass is 16.4. The van der Waals surface area contributed by atoms with Crippen molar-refractivity contribution in [3.63, 3.8) is 0 Å². The number of aliphatic carboxylic acids is 1. The van der Waals surface area contributed by atoms with E-state index in [1.54, 1.807) is 0 Å². The van der Waals surface area contributed by atoms with Gasteiger partial charge in [0.1, 0.15) is 0 Å². The van der Waals surface area contributed by atoms with Gasteiger partial charge in [-0.3, -0.25) is 5.32 Å². The first-order valence-electron chi connectivity index (χ1n) is 7.91. The molecule has 21 heavy (non-hydrogen) atoms. The summed E-state index contributed by atoms with van der Waals surface area (Å²) in [4.78, 5) is 14.4. The molecule has 4 heteroatoms. The highest BCUT2D eigenvalue weighted by molar-refractivity contribution is 5.81. The number of carboxylic acid groups (broad SMARTS) is 1. The zero-order valence-electron chi connectivity index (χ0n) is 13.0. The summed E-state index contributed by atoms with van der Waals surface area (Å²) < 4.78 is 0. The molecule has 2 N–H and O–H groups in total. The van der Waals surface area contributed by atoms with Crippen molar-refractivity contribution in [1.29, 1.82) is 0 Å². The van der Waals surface area contributed by atoms with E-state index in [4.69, 9.17) is 0 Å². The summed E-state index contributed by atoms with van der Waals surface area (Å²) in [5.41, 5.74) is -0.160. The average Bonchev–Trinajstić information content (AvgIpc) is 3.30. The molecule has 0 aromatic heterocycles. The minimum atomic E-state index is -1.01. The Morgan fingerprint density at radius 1 is 1.33 bits per heavy atom. The molecule has 1 fully saturated rings. The van der Waals surface area contributed by atoms with E-state index >= 15 is 0 Å². The normalized spacial score (nSPS) is 17.7. The lowest BCUT2D eigenvalue weighted by Crippen LogP contribution is -2.57. The molecule has 0 spiro atoms. The Kier molecular flexibility index (Phi) is 5.37. The maximum atomic E-state index is 12.2. The van der Waals surface area contributed by atoms with Gasteiger partial charge in [0.2, 0.25) is 0 Å². The molecular formula is C17H26N2O2. The van der Waals surface area contributed by atoms with Crippen molar-refractivity contribution in [1.82, 2.24) is 10.2 Å².